The molecule has 0 bridgehead atoms. The molecule has 0 radical (unpaired) electrons. The molecule has 0 spiro atoms. The fraction of sp³-hybridized carbons (Fsp3) is 0.538. The molecule has 20 heavy (non-hydrogen) atoms. The third-order valence-electron chi connectivity index (χ3n) is 3.12. The molecule has 0 saturated heterocycles. The molecule has 0 aromatic carbocycles. The number of thiazole rings is 1. The molecule has 2 aromatic heterocycles. The molecule has 2 aromatic rings. The topological polar surface area (TPSA) is 72.7 Å². The second-order valence-corrected chi connectivity index (χ2v) is 5.98. The third kappa shape index (κ3) is 3.22. The highest BCUT2D eigenvalue weighted by Crippen LogP contribution is 2.18. The zero-order chi connectivity index (χ0) is 14.7. The predicted molar refractivity (Wildman–Crippen MR) is 77.5 cm³/mol. The van der Waals surface area contributed by atoms with Crippen molar-refractivity contribution in [3.8, 4) is 0 Å². The molecule has 7 heteroatoms. The Hall–Kier alpha value is -1.76. The van der Waals surface area contributed by atoms with Crippen LogP contribution in [0, 0.1) is 13.8 Å². The van der Waals surface area contributed by atoms with Crippen molar-refractivity contribution in [3.63, 3.8) is 0 Å². The van der Waals surface area contributed by atoms with Crippen molar-refractivity contribution < 1.29 is 4.79 Å². The highest BCUT2D eigenvalue weighted by atomic mass is 32.1. The van der Waals surface area contributed by atoms with Crippen molar-refractivity contribution in [3.05, 3.63) is 27.7 Å². The molecule has 0 fully saturated rings. The Labute approximate surface area is 122 Å². The standard InChI is InChI=1S/C13H19N5OS/c1-5-10(13-14-7-15-18(13)4)17-12(19)6-11-8(2)16-9(3)20-11/h7,10H,5-6H2,1-4H3,(H,17,19). The number of nitrogens with zero attached hydrogens (tertiary/aromatic N) is 4. The van der Waals surface area contributed by atoms with E-state index in [-0.39, 0.29) is 11.9 Å². The minimum Gasteiger partial charge on any atom is -0.346 e. The fourth-order valence-electron chi connectivity index (χ4n) is 2.10. The van der Waals surface area contributed by atoms with E-state index in [1.165, 1.54) is 6.33 Å². The number of hydrogen-bond acceptors (Lipinski definition) is 5. The van der Waals surface area contributed by atoms with Gasteiger partial charge in [-0.3, -0.25) is 9.48 Å². The number of carbonyl (C=O) groups excluding carboxylic acids is 1. The number of nitrogens with one attached hydrogen (secondary N) is 1. The molecule has 1 amide bonds. The summed E-state index contributed by atoms with van der Waals surface area (Å²) in [7, 11) is 1.83. The summed E-state index contributed by atoms with van der Waals surface area (Å²) >= 11 is 1.57. The van der Waals surface area contributed by atoms with Crippen LogP contribution in [-0.2, 0) is 18.3 Å². The minimum atomic E-state index is -0.107. The van der Waals surface area contributed by atoms with Crippen LogP contribution in [0.5, 0.6) is 0 Å². The summed E-state index contributed by atoms with van der Waals surface area (Å²) in [5, 5.41) is 8.04. The van der Waals surface area contributed by atoms with Crippen LogP contribution in [0.2, 0.25) is 0 Å². The first-order chi connectivity index (χ1) is 9.51. The smallest absolute Gasteiger partial charge is 0.225 e. The van der Waals surface area contributed by atoms with Crippen LogP contribution in [0.15, 0.2) is 6.33 Å². The molecule has 1 unspecified atom stereocenters. The van der Waals surface area contributed by atoms with E-state index >= 15 is 0 Å². The van der Waals surface area contributed by atoms with Crippen molar-refractivity contribution in [2.45, 2.75) is 39.7 Å². The first-order valence-electron chi connectivity index (χ1n) is 6.57. The van der Waals surface area contributed by atoms with Crippen LogP contribution in [0.4, 0.5) is 0 Å². The maximum atomic E-state index is 12.2. The second kappa shape index (κ2) is 6.13. The molecule has 0 aliphatic carbocycles. The molecule has 2 heterocycles. The van der Waals surface area contributed by atoms with Crippen molar-refractivity contribution in [2.75, 3.05) is 0 Å². The van der Waals surface area contributed by atoms with Crippen LogP contribution in [0.3, 0.4) is 0 Å². The van der Waals surface area contributed by atoms with Crippen LogP contribution in [-0.4, -0.2) is 25.7 Å². The van der Waals surface area contributed by atoms with E-state index in [2.05, 4.69) is 20.4 Å². The SMILES string of the molecule is CCC(NC(=O)Cc1sc(C)nc1C)c1ncnn1C. The van der Waals surface area contributed by atoms with E-state index in [0.29, 0.717) is 6.42 Å². The van der Waals surface area contributed by atoms with Crippen LogP contribution >= 0.6 is 11.3 Å². The van der Waals surface area contributed by atoms with E-state index in [1.807, 2.05) is 27.8 Å². The van der Waals surface area contributed by atoms with Gasteiger partial charge in [-0.05, 0) is 20.3 Å². The zero-order valence-corrected chi connectivity index (χ0v) is 13.0. The fourth-order valence-corrected chi connectivity index (χ4v) is 3.03. The third-order valence-corrected chi connectivity index (χ3v) is 4.20. The Bertz CT molecular complexity index is 604. The number of aryl methyl sites for hydroxylation is 3. The zero-order valence-electron chi connectivity index (χ0n) is 12.2. The summed E-state index contributed by atoms with van der Waals surface area (Å²) in [6.07, 6.45) is 2.64. The molecular weight excluding hydrogens is 274 g/mol. The molecule has 1 atom stereocenters. The van der Waals surface area contributed by atoms with Crippen molar-refractivity contribution >= 4 is 17.2 Å². The van der Waals surface area contributed by atoms with Gasteiger partial charge in [0.15, 0.2) is 0 Å². The molecule has 108 valence electrons. The average molecular weight is 293 g/mol. The lowest BCUT2D eigenvalue weighted by molar-refractivity contribution is -0.121. The molecule has 6 nitrogen and oxygen atoms in total. The van der Waals surface area contributed by atoms with Gasteiger partial charge in [-0.2, -0.15) is 5.10 Å². The van der Waals surface area contributed by atoms with Gasteiger partial charge >= 0.3 is 0 Å². The molecule has 0 aliphatic heterocycles. The van der Waals surface area contributed by atoms with E-state index in [9.17, 15) is 4.79 Å². The second-order valence-electron chi connectivity index (χ2n) is 4.69. The number of hydrogen-bond donors (Lipinski definition) is 1. The lowest BCUT2D eigenvalue weighted by Gasteiger charge is -2.15. The van der Waals surface area contributed by atoms with E-state index in [4.69, 9.17) is 0 Å². The number of carbonyl (C=O) groups is 1. The Kier molecular flexibility index (Phi) is 4.49. The maximum absolute atomic E-state index is 12.2. The Morgan fingerprint density at radius 1 is 1.50 bits per heavy atom. The van der Waals surface area contributed by atoms with Crippen LogP contribution in [0.25, 0.3) is 0 Å². The van der Waals surface area contributed by atoms with Crippen molar-refractivity contribution in [2.24, 2.45) is 7.05 Å². The number of rotatable bonds is 5. The van der Waals surface area contributed by atoms with Crippen molar-refractivity contribution in [1.29, 1.82) is 0 Å². The molecule has 0 saturated carbocycles. The summed E-state index contributed by atoms with van der Waals surface area (Å²) in [5.74, 6) is 0.768. The molecule has 2 rings (SSSR count). The van der Waals surface area contributed by atoms with Gasteiger partial charge in [-0.1, -0.05) is 6.92 Å². The first kappa shape index (κ1) is 14.6. The summed E-state index contributed by atoms with van der Waals surface area (Å²) in [5.41, 5.74) is 0.939. The molecule has 1 N–H and O–H groups in total. The quantitative estimate of drug-likeness (QED) is 0.910. The summed E-state index contributed by atoms with van der Waals surface area (Å²) in [6.45, 7) is 5.90. The Balaban J connectivity index is 2.03. The monoisotopic (exact) mass is 293 g/mol. The summed E-state index contributed by atoms with van der Waals surface area (Å²) in [6, 6.07) is -0.107. The first-order valence-corrected chi connectivity index (χ1v) is 7.39. The number of aromatic nitrogens is 4. The van der Waals surface area contributed by atoms with E-state index in [1.54, 1.807) is 16.0 Å². The van der Waals surface area contributed by atoms with Gasteiger partial charge in [0.25, 0.3) is 0 Å². The van der Waals surface area contributed by atoms with Gasteiger partial charge in [-0.15, -0.1) is 11.3 Å². The van der Waals surface area contributed by atoms with E-state index in [0.717, 1.165) is 27.8 Å². The summed E-state index contributed by atoms with van der Waals surface area (Å²) in [4.78, 5) is 21.7. The predicted octanol–water partition coefficient (Wildman–Crippen LogP) is 1.70. The normalized spacial score (nSPS) is 12.4. The lowest BCUT2D eigenvalue weighted by Crippen LogP contribution is -2.31. The van der Waals surface area contributed by atoms with Gasteiger partial charge in [-0.25, -0.2) is 9.97 Å². The molecular formula is C13H19N5OS. The van der Waals surface area contributed by atoms with E-state index < -0.39 is 0 Å². The van der Waals surface area contributed by atoms with Gasteiger partial charge in [0, 0.05) is 11.9 Å². The lowest BCUT2D eigenvalue weighted by atomic mass is 10.2. The van der Waals surface area contributed by atoms with Crippen LogP contribution in [0.1, 0.15) is 40.8 Å². The molecule has 0 aliphatic rings. The van der Waals surface area contributed by atoms with Crippen LogP contribution < -0.4 is 5.32 Å². The van der Waals surface area contributed by atoms with Gasteiger partial charge in [0.2, 0.25) is 5.91 Å². The maximum Gasteiger partial charge on any atom is 0.225 e. The minimum absolute atomic E-state index is 0.00778. The Morgan fingerprint density at radius 2 is 2.25 bits per heavy atom. The van der Waals surface area contributed by atoms with Gasteiger partial charge in [0.05, 0.1) is 23.2 Å². The highest BCUT2D eigenvalue weighted by molar-refractivity contribution is 7.11. The highest BCUT2D eigenvalue weighted by Gasteiger charge is 2.18. The number of amides is 1. The van der Waals surface area contributed by atoms with Gasteiger partial charge in [0.1, 0.15) is 12.2 Å². The average Bonchev–Trinajstić information content (AvgIpc) is 2.93. The summed E-state index contributed by atoms with van der Waals surface area (Å²) < 4.78 is 1.69. The largest absolute Gasteiger partial charge is 0.346 e. The Morgan fingerprint density at radius 3 is 2.75 bits per heavy atom. The van der Waals surface area contributed by atoms with Gasteiger partial charge < -0.3 is 5.32 Å². The van der Waals surface area contributed by atoms with Crippen molar-refractivity contribution in [1.82, 2.24) is 25.1 Å².